The van der Waals surface area contributed by atoms with Gasteiger partial charge >= 0.3 is 0 Å². The van der Waals surface area contributed by atoms with Crippen LogP contribution in [0.5, 0.6) is 0 Å². The van der Waals surface area contributed by atoms with Gasteiger partial charge in [0.15, 0.2) is 0 Å². The first-order chi connectivity index (χ1) is 22.3. The fourth-order valence-electron chi connectivity index (χ4n) is 7.35. The number of fused-ring (bicyclic) bond motifs is 10. The van der Waals surface area contributed by atoms with Gasteiger partial charge in [0.2, 0.25) is 0 Å². The SMILES string of the molecule is c1ccc2c(-n3c4cc(-n5c6ccsc6c6sccc65)ccc4c4ccc(-n5c6ccsc6c6sccc65)cc43)cccc2c1. The zero-order valence-electron chi connectivity index (χ0n) is 23.6. The van der Waals surface area contributed by atoms with Crippen molar-refractivity contribution < 1.29 is 0 Å². The third kappa shape index (κ3) is 3.23. The largest absolute Gasteiger partial charge is 0.308 e. The van der Waals surface area contributed by atoms with Crippen molar-refractivity contribution in [2.45, 2.75) is 0 Å². The van der Waals surface area contributed by atoms with Gasteiger partial charge in [-0.3, -0.25) is 0 Å². The Morgan fingerprint density at radius 2 is 0.822 bits per heavy atom. The van der Waals surface area contributed by atoms with Gasteiger partial charge in [0, 0.05) is 27.5 Å². The van der Waals surface area contributed by atoms with Gasteiger partial charge in [0.05, 0.1) is 57.6 Å². The van der Waals surface area contributed by atoms with Crippen LogP contribution in [0.3, 0.4) is 0 Å². The van der Waals surface area contributed by atoms with E-state index in [9.17, 15) is 0 Å². The van der Waals surface area contributed by atoms with E-state index in [0.717, 1.165) is 0 Å². The lowest BCUT2D eigenvalue weighted by molar-refractivity contribution is 1.15. The zero-order valence-corrected chi connectivity index (χ0v) is 26.9. The summed E-state index contributed by atoms with van der Waals surface area (Å²) in [7, 11) is 0. The summed E-state index contributed by atoms with van der Waals surface area (Å²) in [6.07, 6.45) is 0. The lowest BCUT2D eigenvalue weighted by Crippen LogP contribution is -1.98. The fraction of sp³-hybridized carbons (Fsp3) is 0. The average molecular weight is 648 g/mol. The Hall–Kier alpha value is -4.66. The van der Waals surface area contributed by atoms with Crippen LogP contribution in [-0.2, 0) is 0 Å². The first kappa shape index (κ1) is 24.6. The van der Waals surface area contributed by atoms with Crippen LogP contribution in [0.1, 0.15) is 0 Å². The highest BCUT2D eigenvalue weighted by atomic mass is 32.1. The number of benzene rings is 4. The smallest absolute Gasteiger partial charge is 0.0704 e. The van der Waals surface area contributed by atoms with E-state index in [1.165, 1.54) is 90.5 Å². The highest BCUT2D eigenvalue weighted by Gasteiger charge is 2.20. The molecule has 0 fully saturated rings. The molecule has 0 N–H and O–H groups in total. The average Bonchev–Trinajstić information content (AvgIpc) is 3.91. The van der Waals surface area contributed by atoms with Gasteiger partial charge in [-0.15, -0.1) is 45.3 Å². The number of rotatable bonds is 3. The second-order valence-corrected chi connectivity index (χ2v) is 15.1. The number of aromatic nitrogens is 3. The van der Waals surface area contributed by atoms with Gasteiger partial charge in [0.1, 0.15) is 0 Å². The summed E-state index contributed by atoms with van der Waals surface area (Å²) in [6.45, 7) is 0. The molecule has 0 aliphatic rings. The van der Waals surface area contributed by atoms with E-state index in [1.54, 1.807) is 0 Å². The van der Waals surface area contributed by atoms with Crippen LogP contribution in [0, 0.1) is 0 Å². The van der Waals surface area contributed by atoms with E-state index < -0.39 is 0 Å². The van der Waals surface area contributed by atoms with E-state index in [0.29, 0.717) is 0 Å². The van der Waals surface area contributed by atoms with Gasteiger partial charge in [0.25, 0.3) is 0 Å². The van der Waals surface area contributed by atoms with Crippen molar-refractivity contribution in [3.05, 3.63) is 125 Å². The van der Waals surface area contributed by atoms with Crippen molar-refractivity contribution in [3.63, 3.8) is 0 Å². The first-order valence-electron chi connectivity index (χ1n) is 14.8. The molecule has 0 aliphatic heterocycles. The summed E-state index contributed by atoms with van der Waals surface area (Å²) in [5, 5.41) is 13.9. The van der Waals surface area contributed by atoms with E-state index in [2.05, 4.69) is 138 Å². The number of hydrogen-bond acceptors (Lipinski definition) is 4. The van der Waals surface area contributed by atoms with E-state index in [-0.39, 0.29) is 0 Å². The summed E-state index contributed by atoms with van der Waals surface area (Å²) in [5.74, 6) is 0. The number of nitrogens with zero attached hydrogens (tertiary/aromatic N) is 3. The lowest BCUT2D eigenvalue weighted by Gasteiger charge is -2.14. The minimum absolute atomic E-state index is 1.19. The molecule has 0 aliphatic carbocycles. The van der Waals surface area contributed by atoms with Gasteiger partial charge in [-0.25, -0.2) is 0 Å². The van der Waals surface area contributed by atoms with Gasteiger partial charge in [-0.05, 0) is 81.5 Å². The Morgan fingerprint density at radius 1 is 0.356 bits per heavy atom. The van der Waals surface area contributed by atoms with Crippen LogP contribution in [0.2, 0.25) is 0 Å². The predicted octanol–water partition coefficient (Wildman–Crippen LogP) is 12.4. The third-order valence-electron chi connectivity index (χ3n) is 9.21. The van der Waals surface area contributed by atoms with E-state index in [4.69, 9.17) is 0 Å². The molecule has 3 nitrogen and oxygen atoms in total. The molecule has 11 rings (SSSR count). The highest BCUT2D eigenvalue weighted by Crippen LogP contribution is 2.43. The Bertz CT molecular complexity index is 2690. The monoisotopic (exact) mass is 647 g/mol. The molecule has 45 heavy (non-hydrogen) atoms. The van der Waals surface area contributed by atoms with Crippen LogP contribution >= 0.6 is 45.3 Å². The summed E-state index contributed by atoms with van der Waals surface area (Å²) >= 11 is 7.33. The van der Waals surface area contributed by atoms with Crippen LogP contribution in [-0.4, -0.2) is 13.7 Å². The van der Waals surface area contributed by atoms with Crippen LogP contribution in [0.15, 0.2) is 125 Å². The van der Waals surface area contributed by atoms with E-state index >= 15 is 0 Å². The molecule has 11 aromatic rings. The summed E-state index contributed by atoms with van der Waals surface area (Å²) in [4.78, 5) is 0. The Balaban J connectivity index is 1.27. The first-order valence-corrected chi connectivity index (χ1v) is 18.3. The maximum atomic E-state index is 2.50. The molecule has 7 heterocycles. The van der Waals surface area contributed by atoms with Gasteiger partial charge in [-0.2, -0.15) is 0 Å². The second-order valence-electron chi connectivity index (χ2n) is 11.4. The van der Waals surface area contributed by atoms with Crippen molar-refractivity contribution in [3.8, 4) is 17.1 Å². The Kier molecular flexibility index (Phi) is 4.91. The standard InChI is InChI=1S/C38H21N3S4/c1-2-6-25-22(4-1)5-3-7-28(25)41-33-20-23(39-29-12-16-42-35(29)36-30(39)13-17-43-36)8-10-26(33)27-11-9-24(21-34(27)41)40-31-14-18-44-37(31)38-32(40)15-19-45-38/h1-21H. The summed E-state index contributed by atoms with van der Waals surface area (Å²) in [6, 6.07) is 38.5. The van der Waals surface area contributed by atoms with Crippen molar-refractivity contribution >= 4 is 119 Å². The molecule has 0 amide bonds. The molecule has 0 bridgehead atoms. The number of hydrogen-bond donors (Lipinski definition) is 0. The minimum atomic E-state index is 1.19. The molecule has 0 saturated heterocycles. The molecule has 7 aromatic heterocycles. The predicted molar refractivity (Wildman–Crippen MR) is 198 cm³/mol. The minimum Gasteiger partial charge on any atom is -0.308 e. The van der Waals surface area contributed by atoms with Crippen LogP contribution < -0.4 is 0 Å². The quantitative estimate of drug-likeness (QED) is 0.181. The fourth-order valence-corrected chi connectivity index (χ4v) is 11.2. The van der Waals surface area contributed by atoms with Crippen molar-refractivity contribution in [2.75, 3.05) is 0 Å². The molecular formula is C38H21N3S4. The molecule has 4 aromatic carbocycles. The van der Waals surface area contributed by atoms with Crippen molar-refractivity contribution in [1.82, 2.24) is 13.7 Å². The second kappa shape index (κ2) is 8.96. The van der Waals surface area contributed by atoms with Crippen molar-refractivity contribution in [1.29, 1.82) is 0 Å². The highest BCUT2D eigenvalue weighted by molar-refractivity contribution is 7.26. The van der Waals surface area contributed by atoms with E-state index in [1.807, 2.05) is 45.3 Å². The Morgan fingerprint density at radius 3 is 1.33 bits per heavy atom. The molecule has 212 valence electrons. The van der Waals surface area contributed by atoms with Crippen molar-refractivity contribution in [2.24, 2.45) is 0 Å². The molecule has 0 radical (unpaired) electrons. The third-order valence-corrected chi connectivity index (χ3v) is 13.2. The van der Waals surface area contributed by atoms with Gasteiger partial charge in [-0.1, -0.05) is 48.5 Å². The van der Waals surface area contributed by atoms with Crippen LogP contribution in [0.4, 0.5) is 0 Å². The Labute approximate surface area is 272 Å². The maximum Gasteiger partial charge on any atom is 0.0704 e. The molecule has 0 unspecified atom stereocenters. The zero-order chi connectivity index (χ0) is 29.2. The molecular weight excluding hydrogens is 627 g/mol. The summed E-state index contributed by atoms with van der Waals surface area (Å²) in [5.41, 5.74) is 11.1. The lowest BCUT2D eigenvalue weighted by atomic mass is 10.1. The van der Waals surface area contributed by atoms with Gasteiger partial charge < -0.3 is 13.7 Å². The normalized spacial score (nSPS) is 12.4. The molecule has 0 saturated carbocycles. The maximum absolute atomic E-state index is 2.50. The number of thiophene rings is 4. The molecule has 0 atom stereocenters. The van der Waals surface area contributed by atoms with Crippen LogP contribution in [0.25, 0.3) is 90.5 Å². The topological polar surface area (TPSA) is 14.8 Å². The molecule has 0 spiro atoms. The molecule has 7 heteroatoms. The summed E-state index contributed by atoms with van der Waals surface area (Å²) < 4.78 is 12.8.